The molecule has 0 aliphatic heterocycles. The number of aromatic nitrogens is 3. The molecule has 8 aromatic carbocycles. The van der Waals surface area contributed by atoms with Crippen molar-refractivity contribution in [3.8, 4) is 0 Å². The Hall–Kier alpha value is -6.86. The molecule has 0 amide bonds. The summed E-state index contributed by atoms with van der Waals surface area (Å²) >= 11 is 0. The molecule has 5 heterocycles. The third-order valence-corrected chi connectivity index (χ3v) is 11.8. The Morgan fingerprint density at radius 3 is 1.20 bits per heavy atom. The maximum absolute atomic E-state index is 14.4. The van der Waals surface area contributed by atoms with Crippen LogP contribution in [-0.2, 0) is 7.05 Å². The van der Waals surface area contributed by atoms with Crippen molar-refractivity contribution in [1.29, 1.82) is 0 Å². The smallest absolute Gasteiger partial charge is 0.263 e. The SMILES string of the molecule is Cn1c(=O)c2c3cc4c5c(ccc6c7ccc8c(=O)n9c%10ccccc%10cc9c9cc(c2c1=O)c(c7c89)c3c65)c(=O)n1c2ccccc2cc41. The van der Waals surface area contributed by atoms with Gasteiger partial charge in [0.05, 0.1) is 32.8 Å². The van der Waals surface area contributed by atoms with E-state index >= 15 is 0 Å². The van der Waals surface area contributed by atoms with Gasteiger partial charge < -0.3 is 0 Å². The van der Waals surface area contributed by atoms with E-state index in [1.54, 1.807) is 8.80 Å². The lowest BCUT2D eigenvalue weighted by molar-refractivity contribution is 0.857. The van der Waals surface area contributed by atoms with Crippen LogP contribution in [0.5, 0.6) is 0 Å². The first-order valence-corrected chi connectivity index (χ1v) is 16.6. The van der Waals surface area contributed by atoms with E-state index in [2.05, 4.69) is 0 Å². The average Bonchev–Trinajstić information content (AvgIpc) is 3.80. The van der Waals surface area contributed by atoms with E-state index < -0.39 is 0 Å². The van der Waals surface area contributed by atoms with E-state index in [9.17, 15) is 19.2 Å². The Labute approximate surface area is 277 Å². The van der Waals surface area contributed by atoms with Crippen molar-refractivity contribution in [2.24, 2.45) is 7.05 Å². The first-order chi connectivity index (χ1) is 24.4. The predicted molar refractivity (Wildman–Crippen MR) is 203 cm³/mol. The van der Waals surface area contributed by atoms with E-state index in [-0.39, 0.29) is 22.2 Å². The molecule has 0 spiro atoms. The molecule has 5 aromatic heterocycles. The standard InChI is InChI=1S/C43H19N3O4/c1-44-42(49)38-26-16-24-30-14-18-6-2-4-8-28(18)45(30)40(47)22-12-10-20-21-11-13-23-33-25(31-15-19-7-3-5-9-29(19)46(31)41(23)48)17-27(39(38)43(44)50)37(35(21)33)36(26)34(20)32(22)24/h2-17H,1H3. The first kappa shape index (κ1) is 25.2. The van der Waals surface area contributed by atoms with E-state index in [0.717, 1.165) is 86.7 Å². The number of hydrogen-bond donors (Lipinski definition) is 0. The maximum Gasteiger partial charge on any atom is 0.263 e. The van der Waals surface area contributed by atoms with E-state index in [0.29, 0.717) is 32.3 Å². The van der Waals surface area contributed by atoms with E-state index in [1.165, 1.54) is 11.6 Å². The highest BCUT2D eigenvalue weighted by molar-refractivity contribution is 6.50. The summed E-state index contributed by atoms with van der Waals surface area (Å²) in [6, 6.07) is 31.7. The molecule has 7 nitrogen and oxygen atoms in total. The fourth-order valence-corrected chi connectivity index (χ4v) is 9.78. The van der Waals surface area contributed by atoms with Gasteiger partial charge in [0.25, 0.3) is 22.2 Å². The molecular formula is C43H19N3O4. The lowest BCUT2D eigenvalue weighted by Gasteiger charge is -2.22. The lowest BCUT2D eigenvalue weighted by Crippen LogP contribution is -2.21. The van der Waals surface area contributed by atoms with Gasteiger partial charge in [0.2, 0.25) is 0 Å². The topological polar surface area (TPSA) is 82.0 Å². The Morgan fingerprint density at radius 1 is 0.340 bits per heavy atom. The molecule has 0 saturated carbocycles. The van der Waals surface area contributed by atoms with Crippen LogP contribution in [-0.4, -0.2) is 13.4 Å². The zero-order chi connectivity index (χ0) is 33.1. The molecule has 7 heteroatoms. The molecule has 0 aliphatic carbocycles. The van der Waals surface area contributed by atoms with Crippen molar-refractivity contribution in [2.75, 3.05) is 0 Å². The minimum atomic E-state index is -0.346. The summed E-state index contributed by atoms with van der Waals surface area (Å²) in [5.74, 6) is 0. The molecule has 0 saturated heterocycles. The highest BCUT2D eigenvalue weighted by atomic mass is 16.2. The minimum Gasteiger partial charge on any atom is -0.277 e. The van der Waals surface area contributed by atoms with Gasteiger partial charge in [0, 0.05) is 50.1 Å². The van der Waals surface area contributed by atoms with Crippen LogP contribution in [0.1, 0.15) is 0 Å². The zero-order valence-electron chi connectivity index (χ0n) is 26.2. The molecule has 0 radical (unpaired) electrons. The highest BCUT2D eigenvalue weighted by Crippen LogP contribution is 2.51. The van der Waals surface area contributed by atoms with E-state index in [1.807, 2.05) is 97.1 Å². The van der Waals surface area contributed by atoms with Crippen molar-refractivity contribution in [1.82, 2.24) is 13.4 Å². The lowest BCUT2D eigenvalue weighted by atomic mass is 9.81. The summed E-state index contributed by atoms with van der Waals surface area (Å²) in [7, 11) is 1.54. The Balaban J connectivity index is 1.43. The van der Waals surface area contributed by atoms with Crippen LogP contribution < -0.4 is 22.2 Å². The molecule has 50 heavy (non-hydrogen) atoms. The number of benzene rings is 8. The maximum atomic E-state index is 14.4. The van der Waals surface area contributed by atoms with Gasteiger partial charge in [-0.25, -0.2) is 0 Å². The second-order valence-electron chi connectivity index (χ2n) is 13.9. The quantitative estimate of drug-likeness (QED) is 0.126. The summed E-state index contributed by atoms with van der Waals surface area (Å²) in [6.07, 6.45) is 0. The van der Waals surface area contributed by atoms with Crippen LogP contribution in [0.4, 0.5) is 0 Å². The molecule has 0 unspecified atom stereocenters. The second-order valence-corrected chi connectivity index (χ2v) is 13.9. The summed E-state index contributed by atoms with van der Waals surface area (Å²) in [4.78, 5) is 57.1. The average molecular weight is 642 g/mol. The zero-order valence-corrected chi connectivity index (χ0v) is 26.2. The minimum absolute atomic E-state index is 0.0996. The molecular weight excluding hydrogens is 622 g/mol. The number of nitrogens with zero attached hydrogens (tertiary/aromatic N) is 3. The number of fused-ring (bicyclic) bond motifs is 12. The normalized spacial score (nSPS) is 13.2. The van der Waals surface area contributed by atoms with Crippen LogP contribution in [0.3, 0.4) is 0 Å². The van der Waals surface area contributed by atoms with E-state index in [4.69, 9.17) is 0 Å². The van der Waals surface area contributed by atoms with Crippen molar-refractivity contribution in [2.45, 2.75) is 0 Å². The summed E-state index contributed by atoms with van der Waals surface area (Å²) < 4.78 is 4.75. The van der Waals surface area contributed by atoms with Crippen LogP contribution in [0.2, 0.25) is 0 Å². The largest absolute Gasteiger partial charge is 0.277 e. The molecule has 0 atom stereocenters. The van der Waals surface area contributed by atoms with Gasteiger partial charge in [-0.3, -0.25) is 32.5 Å². The fourth-order valence-electron chi connectivity index (χ4n) is 9.78. The third-order valence-electron chi connectivity index (χ3n) is 11.8. The molecule has 13 rings (SSSR count). The van der Waals surface area contributed by atoms with Crippen molar-refractivity contribution < 1.29 is 0 Å². The van der Waals surface area contributed by atoms with Crippen LogP contribution in [0.25, 0.3) is 119 Å². The number of rotatable bonds is 0. The Bertz CT molecular complexity index is 3730. The summed E-state index contributed by atoms with van der Waals surface area (Å²) in [5, 5.41) is 14.0. The predicted octanol–water partition coefficient (Wildman–Crippen LogP) is 7.69. The monoisotopic (exact) mass is 641 g/mol. The van der Waals surface area contributed by atoms with Gasteiger partial charge in [-0.2, -0.15) is 0 Å². The molecule has 13 aromatic rings. The first-order valence-electron chi connectivity index (χ1n) is 16.6. The molecule has 230 valence electrons. The summed E-state index contributed by atoms with van der Waals surface area (Å²) in [6.45, 7) is 0. The van der Waals surface area contributed by atoms with Crippen molar-refractivity contribution in [3.63, 3.8) is 0 Å². The number of pyridine rings is 2. The number of hydrogen-bond acceptors (Lipinski definition) is 4. The third kappa shape index (κ3) is 2.43. The summed E-state index contributed by atoms with van der Waals surface area (Å²) in [5.41, 5.74) is 2.27. The Morgan fingerprint density at radius 2 is 0.740 bits per heavy atom. The molecule has 0 fully saturated rings. The van der Waals surface area contributed by atoms with Gasteiger partial charge in [0.15, 0.2) is 0 Å². The molecule has 0 bridgehead atoms. The molecule has 0 N–H and O–H groups in total. The number of para-hydroxylation sites is 2. The van der Waals surface area contributed by atoms with Gasteiger partial charge in [-0.15, -0.1) is 0 Å². The van der Waals surface area contributed by atoms with Gasteiger partial charge in [-0.1, -0.05) is 48.5 Å². The fraction of sp³-hybridized carbons (Fsp3) is 0.0233. The van der Waals surface area contributed by atoms with Crippen LogP contribution in [0, 0.1) is 0 Å². The Kier molecular flexibility index (Phi) is 3.89. The van der Waals surface area contributed by atoms with Gasteiger partial charge >= 0.3 is 0 Å². The van der Waals surface area contributed by atoms with Gasteiger partial charge in [0.1, 0.15) is 0 Å². The molecule has 0 aliphatic rings. The van der Waals surface area contributed by atoms with Crippen molar-refractivity contribution >= 4 is 119 Å². The van der Waals surface area contributed by atoms with Crippen LogP contribution >= 0.6 is 0 Å². The van der Waals surface area contributed by atoms with Crippen molar-refractivity contribution in [3.05, 3.63) is 138 Å². The second kappa shape index (κ2) is 7.72. The van der Waals surface area contributed by atoms with Crippen LogP contribution in [0.15, 0.2) is 116 Å². The van der Waals surface area contributed by atoms with Gasteiger partial charge in [-0.05, 0) is 91.6 Å². The highest BCUT2D eigenvalue weighted by Gasteiger charge is 2.29.